The number of sulfonamides is 1. The number of benzene rings is 3. The number of amides is 1. The van der Waals surface area contributed by atoms with E-state index in [1.807, 2.05) is 93.1 Å². The number of anilines is 3. The van der Waals surface area contributed by atoms with Crippen LogP contribution in [0.15, 0.2) is 73.1 Å². The van der Waals surface area contributed by atoms with Gasteiger partial charge in [0.2, 0.25) is 10.0 Å². The minimum Gasteiger partial charge on any atom is -0.492 e. The van der Waals surface area contributed by atoms with Crippen molar-refractivity contribution in [3.63, 3.8) is 0 Å². The van der Waals surface area contributed by atoms with E-state index in [1.165, 1.54) is 7.11 Å². The highest BCUT2D eigenvalue weighted by Crippen LogP contribution is 2.39. The predicted octanol–water partition coefficient (Wildman–Crippen LogP) is 5.25. The average molecular weight is 616 g/mol. The maximum absolute atomic E-state index is 13.6. The molecule has 0 bridgehead atoms. The normalized spacial score (nSPS) is 13.3. The molecule has 1 aromatic heterocycles. The molecule has 1 aliphatic rings. The second-order valence-electron chi connectivity index (χ2n) is 11.7. The van der Waals surface area contributed by atoms with E-state index in [4.69, 9.17) is 4.74 Å². The highest BCUT2D eigenvalue weighted by atomic mass is 32.2. The molecule has 3 aromatic carbocycles. The molecule has 4 aromatic rings. The van der Waals surface area contributed by atoms with E-state index < -0.39 is 10.0 Å². The van der Waals surface area contributed by atoms with Crippen LogP contribution in [0.1, 0.15) is 53.5 Å². The van der Waals surface area contributed by atoms with Gasteiger partial charge in [-0.15, -0.1) is 5.53 Å². The molecule has 1 amide bonds. The summed E-state index contributed by atoms with van der Waals surface area (Å²) >= 11 is 0. The van der Waals surface area contributed by atoms with Crippen LogP contribution < -0.4 is 30.7 Å². The number of methoxy groups -OCH3 is 1. The van der Waals surface area contributed by atoms with E-state index in [0.29, 0.717) is 11.3 Å². The largest absolute Gasteiger partial charge is 0.492 e. The molecule has 44 heavy (non-hydrogen) atoms. The van der Waals surface area contributed by atoms with Gasteiger partial charge in [-0.3, -0.25) is 14.5 Å². The molecular weight excluding hydrogens is 578 g/mol. The first-order valence-corrected chi connectivity index (χ1v) is 15.9. The molecule has 0 saturated heterocycles. The van der Waals surface area contributed by atoms with Gasteiger partial charge in [0.15, 0.2) is 5.75 Å². The monoisotopic (exact) mass is 615 g/mol. The number of nitrogens with zero attached hydrogens (tertiary/aromatic N) is 3. The number of carbonyl (C=O) groups is 1. The summed E-state index contributed by atoms with van der Waals surface area (Å²) in [5.41, 5.74) is 13.3. The zero-order valence-electron chi connectivity index (χ0n) is 25.8. The molecule has 1 aliphatic heterocycles. The van der Waals surface area contributed by atoms with Crippen LogP contribution in [0.3, 0.4) is 0 Å². The van der Waals surface area contributed by atoms with Gasteiger partial charge in [-0.1, -0.05) is 45.0 Å². The number of hydrazine groups is 2. The second-order valence-corrected chi connectivity index (χ2v) is 13.5. The number of carbonyl (C=O) groups excluding carboxylic acids is 1. The number of aromatic nitrogens is 2. The van der Waals surface area contributed by atoms with Crippen LogP contribution in [-0.4, -0.2) is 37.5 Å². The van der Waals surface area contributed by atoms with Crippen LogP contribution in [0.4, 0.5) is 17.1 Å². The molecule has 5 rings (SSSR count). The Hall–Kier alpha value is -4.81. The minimum atomic E-state index is -3.60. The fourth-order valence-electron chi connectivity index (χ4n) is 4.94. The van der Waals surface area contributed by atoms with E-state index in [-0.39, 0.29) is 22.8 Å². The van der Waals surface area contributed by atoms with Gasteiger partial charge in [0.05, 0.1) is 53.7 Å². The van der Waals surface area contributed by atoms with Gasteiger partial charge in [0.1, 0.15) is 0 Å². The van der Waals surface area contributed by atoms with E-state index in [0.717, 1.165) is 45.7 Å². The third-order valence-corrected chi connectivity index (χ3v) is 7.89. The van der Waals surface area contributed by atoms with Gasteiger partial charge in [-0.2, -0.15) is 5.10 Å². The fraction of sp³-hybridized carbons (Fsp3) is 0.250. The van der Waals surface area contributed by atoms with Gasteiger partial charge >= 0.3 is 0 Å². The molecule has 4 N–H and O–H groups in total. The van der Waals surface area contributed by atoms with Crippen LogP contribution in [0, 0.1) is 13.8 Å². The molecule has 0 radical (unpaired) electrons. The summed E-state index contributed by atoms with van der Waals surface area (Å²) in [6.07, 6.45) is 4.80. The van der Waals surface area contributed by atoms with Crippen molar-refractivity contribution in [1.29, 1.82) is 0 Å². The lowest BCUT2D eigenvalue weighted by atomic mass is 9.86. The molecule has 0 fully saturated rings. The van der Waals surface area contributed by atoms with E-state index >= 15 is 0 Å². The van der Waals surface area contributed by atoms with Crippen molar-refractivity contribution < 1.29 is 17.9 Å². The Morgan fingerprint density at radius 1 is 1.00 bits per heavy atom. The van der Waals surface area contributed by atoms with Gasteiger partial charge < -0.3 is 15.5 Å². The number of nitrogens with one attached hydrogen (secondary N) is 4. The first-order valence-electron chi connectivity index (χ1n) is 14.0. The Balaban J connectivity index is 1.44. The molecule has 0 saturated carbocycles. The van der Waals surface area contributed by atoms with Crippen molar-refractivity contribution in [3.8, 4) is 11.4 Å². The average Bonchev–Trinajstić information content (AvgIpc) is 3.59. The van der Waals surface area contributed by atoms with Gasteiger partial charge in [0, 0.05) is 17.3 Å². The smallest absolute Gasteiger partial charge is 0.255 e. The molecular formula is C32H37N7O4S. The standard InChI is InChI=1S/C32H37N7O4S/c1-20-13-14-22(31(40)34-26-16-23(32(3,4)5)17-27(30(26)43-6)36-44(7,41)42)15-29(20)38-19-28(35-37-38)25-18-33-39(21(25)2)24-11-9-8-10-12-24/h8-19,35-37H,1-7H3,(H,34,40). The molecule has 0 unspecified atom stereocenters. The summed E-state index contributed by atoms with van der Waals surface area (Å²) in [5, 5.41) is 9.32. The first kappa shape index (κ1) is 30.6. The Labute approximate surface area is 257 Å². The number of rotatable bonds is 8. The Kier molecular flexibility index (Phi) is 8.15. The number of hydrogen-bond donors (Lipinski definition) is 4. The van der Waals surface area contributed by atoms with Crippen molar-refractivity contribution in [3.05, 3.63) is 101 Å². The first-order chi connectivity index (χ1) is 20.7. The van der Waals surface area contributed by atoms with E-state index in [1.54, 1.807) is 24.3 Å². The van der Waals surface area contributed by atoms with Crippen molar-refractivity contribution in [1.82, 2.24) is 20.7 Å². The maximum atomic E-state index is 13.6. The zero-order chi connectivity index (χ0) is 31.8. The van der Waals surface area contributed by atoms with Crippen molar-refractivity contribution in [2.45, 2.75) is 40.0 Å². The quantitative estimate of drug-likeness (QED) is 0.212. The number of para-hydroxylation sites is 1. The molecule has 2 heterocycles. The third kappa shape index (κ3) is 6.41. The summed E-state index contributed by atoms with van der Waals surface area (Å²) in [7, 11) is -2.17. The van der Waals surface area contributed by atoms with Crippen LogP contribution in [0.25, 0.3) is 11.4 Å². The Morgan fingerprint density at radius 3 is 2.36 bits per heavy atom. The highest BCUT2D eigenvalue weighted by Gasteiger charge is 2.24. The molecule has 0 atom stereocenters. The van der Waals surface area contributed by atoms with Gasteiger partial charge in [0.25, 0.3) is 5.91 Å². The van der Waals surface area contributed by atoms with Crippen molar-refractivity contribution >= 4 is 38.7 Å². The summed E-state index contributed by atoms with van der Waals surface area (Å²) in [5.74, 6) is -0.161. The van der Waals surface area contributed by atoms with E-state index in [2.05, 4.69) is 26.1 Å². The SMILES string of the molecule is COc1c(NC(=O)c2ccc(C)c(N3C=C(c4cnn(-c5ccccc5)c4C)NN3)c2)cc(C(C)(C)C)cc1NS(C)(=O)=O. The second kappa shape index (κ2) is 11.7. The van der Waals surface area contributed by atoms with Gasteiger partial charge in [-0.25, -0.2) is 13.1 Å². The van der Waals surface area contributed by atoms with Crippen molar-refractivity contribution in [2.24, 2.45) is 0 Å². The van der Waals surface area contributed by atoms with Crippen LogP contribution in [0.2, 0.25) is 0 Å². The minimum absolute atomic E-state index is 0.216. The summed E-state index contributed by atoms with van der Waals surface area (Å²) < 4.78 is 34.2. The third-order valence-electron chi connectivity index (χ3n) is 7.30. The highest BCUT2D eigenvalue weighted by molar-refractivity contribution is 7.92. The maximum Gasteiger partial charge on any atom is 0.255 e. The lowest BCUT2D eigenvalue weighted by molar-refractivity contribution is 0.102. The molecule has 230 valence electrons. The number of aryl methyl sites for hydroxylation is 1. The van der Waals surface area contributed by atoms with Gasteiger partial charge in [-0.05, 0) is 66.8 Å². The predicted molar refractivity (Wildman–Crippen MR) is 174 cm³/mol. The summed E-state index contributed by atoms with van der Waals surface area (Å²) in [6, 6.07) is 18.8. The lowest BCUT2D eigenvalue weighted by Gasteiger charge is -2.24. The van der Waals surface area contributed by atoms with Crippen LogP contribution in [0.5, 0.6) is 5.75 Å². The van der Waals surface area contributed by atoms with E-state index in [9.17, 15) is 13.2 Å². The fourth-order valence-corrected chi connectivity index (χ4v) is 5.49. The topological polar surface area (TPSA) is 130 Å². The number of hydrogen-bond acceptors (Lipinski definition) is 8. The zero-order valence-corrected chi connectivity index (χ0v) is 26.6. The Morgan fingerprint density at radius 2 is 1.70 bits per heavy atom. The molecule has 0 aliphatic carbocycles. The molecule has 0 spiro atoms. The summed E-state index contributed by atoms with van der Waals surface area (Å²) in [6.45, 7) is 9.98. The van der Waals surface area contributed by atoms with Crippen LogP contribution in [-0.2, 0) is 15.4 Å². The molecule has 11 nitrogen and oxygen atoms in total. The number of ether oxygens (including phenoxy) is 1. The lowest BCUT2D eigenvalue weighted by Crippen LogP contribution is -2.36. The summed E-state index contributed by atoms with van der Waals surface area (Å²) in [4.78, 5) is 13.6. The van der Waals surface area contributed by atoms with Crippen molar-refractivity contribution in [2.75, 3.05) is 28.4 Å². The Bertz CT molecular complexity index is 1860. The van der Waals surface area contributed by atoms with Crippen LogP contribution >= 0.6 is 0 Å². The molecule has 12 heteroatoms.